The maximum absolute atomic E-state index is 11.8. The van der Waals surface area contributed by atoms with Crippen molar-refractivity contribution in [2.75, 3.05) is 6.26 Å². The number of benzene rings is 1. The lowest BCUT2D eigenvalue weighted by Gasteiger charge is -2.18. The van der Waals surface area contributed by atoms with Gasteiger partial charge in [-0.3, -0.25) is 4.79 Å². The van der Waals surface area contributed by atoms with Crippen molar-refractivity contribution in [2.24, 2.45) is 0 Å². The smallest absolute Gasteiger partial charge is 0.188 e. The maximum atomic E-state index is 11.8. The minimum atomic E-state index is -3.27. The van der Waals surface area contributed by atoms with Gasteiger partial charge in [-0.15, -0.1) is 0 Å². The number of hydrogen-bond acceptors (Lipinski definition) is 3. The lowest BCUT2D eigenvalue weighted by Crippen LogP contribution is -2.16. The summed E-state index contributed by atoms with van der Waals surface area (Å²) in [5.74, 6) is -0.133. The van der Waals surface area contributed by atoms with Gasteiger partial charge in [-0.1, -0.05) is 18.7 Å². The molecule has 0 spiro atoms. The van der Waals surface area contributed by atoms with E-state index in [2.05, 4.69) is 6.58 Å². The molecule has 3 nitrogen and oxygen atoms in total. The molecule has 0 heterocycles. The number of hydrogen-bond donors (Lipinski definition) is 0. The Balaban J connectivity index is 2.72. The Morgan fingerprint density at radius 3 is 2.56 bits per heavy atom. The molecular formula is C12H12O3S. The van der Waals surface area contributed by atoms with E-state index in [1.54, 1.807) is 18.2 Å². The number of fused-ring (bicyclic) bond motifs is 1. The third-order valence-corrected chi connectivity index (χ3v) is 3.96. The molecule has 0 N–H and O–H groups in total. The highest BCUT2D eigenvalue weighted by molar-refractivity contribution is 7.90. The lowest BCUT2D eigenvalue weighted by molar-refractivity contribution is 0.102. The van der Waals surface area contributed by atoms with Gasteiger partial charge < -0.3 is 0 Å². The van der Waals surface area contributed by atoms with E-state index >= 15 is 0 Å². The Hall–Kier alpha value is -1.42. The van der Waals surface area contributed by atoms with Crippen molar-refractivity contribution < 1.29 is 13.2 Å². The van der Waals surface area contributed by atoms with Gasteiger partial charge in [0.15, 0.2) is 15.6 Å². The Bertz CT molecular complexity index is 582. The number of sulfone groups is 1. The minimum Gasteiger partial charge on any atom is -0.289 e. The van der Waals surface area contributed by atoms with Crippen LogP contribution in [0.25, 0.3) is 0 Å². The zero-order valence-corrected chi connectivity index (χ0v) is 9.80. The van der Waals surface area contributed by atoms with Crippen LogP contribution in [0.4, 0.5) is 0 Å². The maximum Gasteiger partial charge on any atom is 0.188 e. The summed E-state index contributed by atoms with van der Waals surface area (Å²) in [5, 5.41) is 0. The Morgan fingerprint density at radius 1 is 1.25 bits per heavy atom. The van der Waals surface area contributed by atoms with E-state index in [0.29, 0.717) is 29.5 Å². The molecule has 0 amide bonds. The molecule has 1 aliphatic carbocycles. The monoisotopic (exact) mass is 236 g/mol. The predicted octanol–water partition coefficient (Wildman–Crippen LogP) is 1.78. The second-order valence-corrected chi connectivity index (χ2v) is 5.97. The van der Waals surface area contributed by atoms with Crippen LogP contribution in [-0.2, 0) is 16.3 Å². The highest BCUT2D eigenvalue weighted by Gasteiger charge is 2.25. The zero-order valence-electron chi connectivity index (χ0n) is 8.99. The van der Waals surface area contributed by atoms with E-state index in [4.69, 9.17) is 0 Å². The molecule has 0 fully saturated rings. The third-order valence-electron chi connectivity index (χ3n) is 2.78. The van der Waals surface area contributed by atoms with Gasteiger partial charge in [0.2, 0.25) is 0 Å². The Morgan fingerprint density at radius 2 is 1.94 bits per heavy atom. The van der Waals surface area contributed by atoms with Crippen LogP contribution in [0, 0.1) is 0 Å². The van der Waals surface area contributed by atoms with Gasteiger partial charge in [-0.25, -0.2) is 8.42 Å². The third kappa shape index (κ3) is 1.69. The molecule has 0 radical (unpaired) electrons. The van der Waals surface area contributed by atoms with Crippen LogP contribution in [0.1, 0.15) is 22.3 Å². The molecule has 1 aliphatic rings. The fraction of sp³-hybridized carbons (Fsp3) is 0.250. The fourth-order valence-electron chi connectivity index (χ4n) is 1.96. The van der Waals surface area contributed by atoms with Crippen LogP contribution in [-0.4, -0.2) is 20.5 Å². The standard InChI is InChI=1S/C12H12O3S/c1-8-6-7-9-10(12(8)13)4-3-5-11(9)16(2,14)15/h3-5H,1,6-7H2,2H3. The topological polar surface area (TPSA) is 51.2 Å². The fourth-order valence-corrected chi connectivity index (χ4v) is 2.95. The van der Waals surface area contributed by atoms with Gasteiger partial charge >= 0.3 is 0 Å². The van der Waals surface area contributed by atoms with Crippen molar-refractivity contribution in [3.63, 3.8) is 0 Å². The second-order valence-electron chi connectivity index (χ2n) is 3.99. The van der Waals surface area contributed by atoms with E-state index in [1.807, 2.05) is 0 Å². The molecule has 16 heavy (non-hydrogen) atoms. The van der Waals surface area contributed by atoms with E-state index in [0.717, 1.165) is 6.26 Å². The number of carbonyl (C=O) groups is 1. The summed E-state index contributed by atoms with van der Waals surface area (Å²) >= 11 is 0. The van der Waals surface area contributed by atoms with Crippen molar-refractivity contribution in [3.8, 4) is 0 Å². The normalized spacial score (nSPS) is 16.1. The number of carbonyl (C=O) groups excluding carboxylic acids is 1. The van der Waals surface area contributed by atoms with Crippen LogP contribution in [0.3, 0.4) is 0 Å². The lowest BCUT2D eigenvalue weighted by atomic mass is 9.88. The van der Waals surface area contributed by atoms with Gasteiger partial charge in [0.05, 0.1) is 4.90 Å². The van der Waals surface area contributed by atoms with Crippen molar-refractivity contribution in [3.05, 3.63) is 41.5 Å². The molecule has 0 saturated carbocycles. The first-order chi connectivity index (χ1) is 7.41. The number of rotatable bonds is 1. The molecule has 1 aromatic rings. The summed E-state index contributed by atoms with van der Waals surface area (Å²) in [6, 6.07) is 4.82. The molecule has 84 valence electrons. The van der Waals surface area contributed by atoms with Crippen LogP contribution in [0.15, 0.2) is 35.2 Å². The zero-order chi connectivity index (χ0) is 11.9. The van der Waals surface area contributed by atoms with Crippen LogP contribution < -0.4 is 0 Å². The van der Waals surface area contributed by atoms with Crippen LogP contribution in [0.2, 0.25) is 0 Å². The first kappa shape index (κ1) is 11.1. The Labute approximate surface area is 94.7 Å². The predicted molar refractivity (Wildman–Crippen MR) is 61.3 cm³/mol. The summed E-state index contributed by atoms with van der Waals surface area (Å²) in [5.41, 5.74) is 1.68. The first-order valence-electron chi connectivity index (χ1n) is 4.95. The molecule has 2 rings (SSSR count). The van der Waals surface area contributed by atoms with E-state index in [9.17, 15) is 13.2 Å². The first-order valence-corrected chi connectivity index (χ1v) is 6.85. The van der Waals surface area contributed by atoms with Gasteiger partial charge in [0.25, 0.3) is 0 Å². The van der Waals surface area contributed by atoms with Crippen LogP contribution in [0.5, 0.6) is 0 Å². The van der Waals surface area contributed by atoms with Crippen molar-refractivity contribution in [2.45, 2.75) is 17.7 Å². The van der Waals surface area contributed by atoms with E-state index in [-0.39, 0.29) is 10.7 Å². The number of ketones is 1. The van der Waals surface area contributed by atoms with Gasteiger partial charge in [0.1, 0.15) is 0 Å². The molecular weight excluding hydrogens is 224 g/mol. The summed E-state index contributed by atoms with van der Waals surface area (Å²) in [7, 11) is -3.27. The van der Waals surface area contributed by atoms with Crippen molar-refractivity contribution >= 4 is 15.6 Å². The summed E-state index contributed by atoms with van der Waals surface area (Å²) < 4.78 is 23.1. The molecule has 0 unspecified atom stereocenters. The Kier molecular flexibility index (Phi) is 2.46. The highest BCUT2D eigenvalue weighted by atomic mass is 32.2. The molecule has 0 aromatic heterocycles. The van der Waals surface area contributed by atoms with Crippen molar-refractivity contribution in [1.82, 2.24) is 0 Å². The second kappa shape index (κ2) is 3.56. The summed E-state index contributed by atoms with van der Waals surface area (Å²) in [6.07, 6.45) is 2.28. The minimum absolute atomic E-state index is 0.133. The number of allylic oxidation sites excluding steroid dienone is 1. The SMILES string of the molecule is C=C1CCc2c(cccc2S(C)(=O)=O)C1=O. The molecule has 1 aromatic carbocycles. The number of Topliss-reactive ketones (excluding diaryl/α,β-unsaturated/α-hetero) is 1. The van der Waals surface area contributed by atoms with Gasteiger partial charge in [0, 0.05) is 11.8 Å². The van der Waals surface area contributed by atoms with Crippen LogP contribution >= 0.6 is 0 Å². The quantitative estimate of drug-likeness (QED) is 0.698. The summed E-state index contributed by atoms with van der Waals surface area (Å²) in [4.78, 5) is 12.1. The molecule has 0 bridgehead atoms. The van der Waals surface area contributed by atoms with E-state index < -0.39 is 9.84 Å². The molecule has 0 aliphatic heterocycles. The molecule has 0 saturated heterocycles. The van der Waals surface area contributed by atoms with E-state index in [1.165, 1.54) is 0 Å². The average molecular weight is 236 g/mol. The summed E-state index contributed by atoms with van der Waals surface area (Å²) in [6.45, 7) is 3.69. The molecule has 0 atom stereocenters. The molecule has 4 heteroatoms. The van der Waals surface area contributed by atoms with Gasteiger partial charge in [-0.2, -0.15) is 0 Å². The van der Waals surface area contributed by atoms with Gasteiger partial charge in [-0.05, 0) is 30.0 Å². The van der Waals surface area contributed by atoms with Crippen molar-refractivity contribution in [1.29, 1.82) is 0 Å². The largest absolute Gasteiger partial charge is 0.289 e. The highest BCUT2D eigenvalue weighted by Crippen LogP contribution is 2.29. The average Bonchev–Trinajstić information content (AvgIpc) is 2.21.